The molecule has 0 aliphatic heterocycles. The number of aryl methyl sites for hydroxylation is 2. The highest BCUT2D eigenvalue weighted by molar-refractivity contribution is 7.89. The van der Waals surface area contributed by atoms with Crippen LogP contribution in [0.3, 0.4) is 0 Å². The summed E-state index contributed by atoms with van der Waals surface area (Å²) in [6.07, 6.45) is 0. The van der Waals surface area contributed by atoms with Crippen LogP contribution < -0.4 is 10.5 Å². The fraction of sp³-hybridized carbons (Fsp3) is 0.250. The summed E-state index contributed by atoms with van der Waals surface area (Å²) >= 11 is 1.37. The summed E-state index contributed by atoms with van der Waals surface area (Å²) in [5, 5.41) is 2.50. The van der Waals surface area contributed by atoms with Gasteiger partial charge in [0.25, 0.3) is 0 Å². The van der Waals surface area contributed by atoms with E-state index in [1.54, 1.807) is 0 Å². The molecule has 0 saturated carbocycles. The number of rotatable bonds is 4. The van der Waals surface area contributed by atoms with E-state index in [0.717, 1.165) is 11.8 Å². The van der Waals surface area contributed by atoms with Crippen molar-refractivity contribution in [3.05, 3.63) is 39.6 Å². The van der Waals surface area contributed by atoms with E-state index in [1.165, 1.54) is 24.3 Å². The van der Waals surface area contributed by atoms with E-state index in [2.05, 4.69) is 9.71 Å². The van der Waals surface area contributed by atoms with Crippen molar-refractivity contribution in [2.75, 3.05) is 5.73 Å². The Morgan fingerprint density at radius 2 is 2.10 bits per heavy atom. The molecule has 0 amide bonds. The average Bonchev–Trinajstić information content (AvgIpc) is 2.79. The molecule has 2 rings (SSSR count). The Balaban J connectivity index is 2.22. The molecule has 0 aliphatic rings. The molecule has 1 aromatic heterocycles. The summed E-state index contributed by atoms with van der Waals surface area (Å²) in [6, 6.07) is 2.36. The van der Waals surface area contributed by atoms with Crippen molar-refractivity contribution in [1.29, 1.82) is 0 Å². The molecule has 8 heteroatoms. The predicted octanol–water partition coefficient (Wildman–Crippen LogP) is 1.96. The van der Waals surface area contributed by atoms with Crippen molar-refractivity contribution in [2.24, 2.45) is 0 Å². The molecule has 0 spiro atoms. The van der Waals surface area contributed by atoms with Gasteiger partial charge in [-0.15, -0.1) is 11.3 Å². The minimum Gasteiger partial charge on any atom is -0.396 e. The lowest BCUT2D eigenvalue weighted by molar-refractivity contribution is 0.580. The van der Waals surface area contributed by atoms with E-state index in [0.29, 0.717) is 5.01 Å². The lowest BCUT2D eigenvalue weighted by Crippen LogP contribution is -2.23. The van der Waals surface area contributed by atoms with Gasteiger partial charge in [0.15, 0.2) is 0 Å². The van der Waals surface area contributed by atoms with Crippen molar-refractivity contribution in [3.63, 3.8) is 0 Å². The van der Waals surface area contributed by atoms with Gasteiger partial charge in [-0.05, 0) is 31.5 Å². The van der Waals surface area contributed by atoms with Gasteiger partial charge in [-0.2, -0.15) is 0 Å². The quantitative estimate of drug-likeness (QED) is 0.845. The summed E-state index contributed by atoms with van der Waals surface area (Å²) < 4.78 is 40.1. The maximum atomic E-state index is 13.4. The van der Waals surface area contributed by atoms with Gasteiger partial charge in [-0.25, -0.2) is 22.5 Å². The van der Waals surface area contributed by atoms with Gasteiger partial charge < -0.3 is 5.73 Å². The van der Waals surface area contributed by atoms with Gasteiger partial charge in [0.05, 0.1) is 17.1 Å². The monoisotopic (exact) mass is 315 g/mol. The molecule has 0 radical (unpaired) electrons. The number of nitrogens with zero attached hydrogens (tertiary/aromatic N) is 1. The summed E-state index contributed by atoms with van der Waals surface area (Å²) in [6.45, 7) is 3.39. The summed E-state index contributed by atoms with van der Waals surface area (Å²) in [7, 11) is -3.74. The standard InChI is InChI=1S/C12H14FN3O2S2/c1-7-3-9(4-10(14)12(7)13)20(17,18)15-5-11-16-8(2)6-19-11/h3-4,6,15H,5,14H2,1-2H3. The molecule has 0 fully saturated rings. The predicted molar refractivity (Wildman–Crippen MR) is 76.4 cm³/mol. The highest BCUT2D eigenvalue weighted by Gasteiger charge is 2.17. The van der Waals surface area contributed by atoms with Crippen molar-refractivity contribution in [3.8, 4) is 0 Å². The molecular weight excluding hydrogens is 301 g/mol. The van der Waals surface area contributed by atoms with Crippen LogP contribution in [0.1, 0.15) is 16.3 Å². The third-order valence-electron chi connectivity index (χ3n) is 2.65. The smallest absolute Gasteiger partial charge is 0.241 e. The second-order valence-electron chi connectivity index (χ2n) is 4.35. The van der Waals surface area contributed by atoms with E-state index in [9.17, 15) is 12.8 Å². The second-order valence-corrected chi connectivity index (χ2v) is 7.06. The highest BCUT2D eigenvalue weighted by Crippen LogP contribution is 2.21. The van der Waals surface area contributed by atoms with E-state index >= 15 is 0 Å². The first kappa shape index (κ1) is 14.9. The van der Waals surface area contributed by atoms with E-state index in [-0.39, 0.29) is 22.7 Å². The van der Waals surface area contributed by atoms with Gasteiger partial charge in [-0.3, -0.25) is 0 Å². The summed E-state index contributed by atoms with van der Waals surface area (Å²) in [5.74, 6) is -0.598. The number of sulfonamides is 1. The van der Waals surface area contributed by atoms with Gasteiger partial charge in [0.2, 0.25) is 10.0 Å². The normalized spacial score (nSPS) is 11.8. The van der Waals surface area contributed by atoms with Crippen LogP contribution in [0.25, 0.3) is 0 Å². The maximum Gasteiger partial charge on any atom is 0.241 e. The molecule has 3 N–H and O–H groups in total. The van der Waals surface area contributed by atoms with Crippen LogP contribution in [-0.2, 0) is 16.6 Å². The molecule has 1 aromatic carbocycles. The Hall–Kier alpha value is -1.51. The highest BCUT2D eigenvalue weighted by atomic mass is 32.2. The number of nitrogens with one attached hydrogen (secondary N) is 1. The Morgan fingerprint density at radius 1 is 1.40 bits per heavy atom. The third kappa shape index (κ3) is 3.14. The number of nitrogens with two attached hydrogens (primary N) is 1. The zero-order chi connectivity index (χ0) is 14.9. The summed E-state index contributed by atoms with van der Waals surface area (Å²) in [5.41, 5.74) is 6.30. The van der Waals surface area contributed by atoms with Gasteiger partial charge >= 0.3 is 0 Å². The van der Waals surface area contributed by atoms with Gasteiger partial charge in [0.1, 0.15) is 10.8 Å². The zero-order valence-electron chi connectivity index (χ0n) is 11.0. The number of aromatic nitrogens is 1. The van der Waals surface area contributed by atoms with E-state index < -0.39 is 15.8 Å². The fourth-order valence-corrected chi connectivity index (χ4v) is 3.55. The molecule has 2 aromatic rings. The molecule has 0 atom stereocenters. The van der Waals surface area contributed by atoms with Gasteiger partial charge in [-0.1, -0.05) is 0 Å². The lowest BCUT2D eigenvalue weighted by atomic mass is 10.2. The minimum absolute atomic E-state index is 0.0535. The molecule has 20 heavy (non-hydrogen) atoms. The van der Waals surface area contributed by atoms with Crippen molar-refractivity contribution in [2.45, 2.75) is 25.3 Å². The number of thiazole rings is 1. The van der Waals surface area contributed by atoms with Gasteiger partial charge in [0, 0.05) is 11.1 Å². The molecule has 0 aliphatic carbocycles. The van der Waals surface area contributed by atoms with Crippen LogP contribution >= 0.6 is 11.3 Å². The zero-order valence-corrected chi connectivity index (χ0v) is 12.6. The molecule has 0 bridgehead atoms. The Morgan fingerprint density at radius 3 is 2.65 bits per heavy atom. The molecule has 108 valence electrons. The van der Waals surface area contributed by atoms with Crippen LogP contribution in [0.4, 0.5) is 10.1 Å². The van der Waals surface area contributed by atoms with Crippen LogP contribution in [-0.4, -0.2) is 13.4 Å². The molecular formula is C12H14FN3O2S2. The first-order valence-corrected chi connectivity index (χ1v) is 8.12. The number of hydrogen-bond donors (Lipinski definition) is 2. The van der Waals surface area contributed by atoms with Crippen LogP contribution in [0.15, 0.2) is 22.4 Å². The van der Waals surface area contributed by atoms with E-state index in [1.807, 2.05) is 12.3 Å². The van der Waals surface area contributed by atoms with Crippen LogP contribution in [0.5, 0.6) is 0 Å². The van der Waals surface area contributed by atoms with E-state index in [4.69, 9.17) is 5.73 Å². The fourth-order valence-electron chi connectivity index (χ4n) is 1.64. The number of nitrogen functional groups attached to an aromatic ring is 1. The number of benzene rings is 1. The Labute approximate surface area is 120 Å². The number of hydrogen-bond acceptors (Lipinski definition) is 5. The second kappa shape index (κ2) is 5.47. The Bertz CT molecular complexity index is 718. The average molecular weight is 315 g/mol. The lowest BCUT2D eigenvalue weighted by Gasteiger charge is -2.08. The van der Waals surface area contributed by atoms with Crippen LogP contribution in [0.2, 0.25) is 0 Å². The summed E-state index contributed by atoms with van der Waals surface area (Å²) in [4.78, 5) is 4.11. The van der Waals surface area contributed by atoms with Crippen molar-refractivity contribution >= 4 is 27.0 Å². The van der Waals surface area contributed by atoms with Crippen LogP contribution in [0, 0.1) is 19.7 Å². The third-order valence-corrected chi connectivity index (χ3v) is 4.99. The topological polar surface area (TPSA) is 85.1 Å². The largest absolute Gasteiger partial charge is 0.396 e. The van der Waals surface area contributed by atoms with Crippen molar-refractivity contribution < 1.29 is 12.8 Å². The molecule has 0 saturated heterocycles. The molecule has 0 unspecified atom stereocenters. The Kier molecular flexibility index (Phi) is 4.07. The number of anilines is 1. The first-order chi connectivity index (χ1) is 9.29. The molecule has 1 heterocycles. The number of halogens is 1. The minimum atomic E-state index is -3.74. The SMILES string of the molecule is Cc1csc(CNS(=O)(=O)c2cc(C)c(F)c(N)c2)n1. The first-order valence-electron chi connectivity index (χ1n) is 5.76. The maximum absolute atomic E-state index is 13.4. The molecule has 5 nitrogen and oxygen atoms in total. The van der Waals surface area contributed by atoms with Crippen molar-refractivity contribution in [1.82, 2.24) is 9.71 Å².